The van der Waals surface area contributed by atoms with Crippen LogP contribution in [0.1, 0.15) is 35.3 Å². The molecular weight excluding hydrogens is 316 g/mol. The molecule has 0 spiro atoms. The van der Waals surface area contributed by atoms with Crippen LogP contribution >= 0.6 is 0 Å². The summed E-state index contributed by atoms with van der Waals surface area (Å²) in [6.45, 7) is 5.14. The van der Waals surface area contributed by atoms with Crippen LogP contribution in [0.4, 0.5) is 10.5 Å². The van der Waals surface area contributed by atoms with Crippen molar-refractivity contribution in [2.24, 2.45) is 0 Å². The maximum absolute atomic E-state index is 13.1. The smallest absolute Gasteiger partial charge is 0.335 e. The Kier molecular flexibility index (Phi) is 4.74. The summed E-state index contributed by atoms with van der Waals surface area (Å²) in [4.78, 5) is 27.8. The van der Waals surface area contributed by atoms with Gasteiger partial charge in [-0.3, -0.25) is 4.90 Å². The molecule has 2 aromatic carbocycles. The Labute approximate surface area is 147 Å². The number of rotatable bonds is 4. The third-order valence-electron chi connectivity index (χ3n) is 4.52. The number of hydrogen-bond acceptors (Lipinski definition) is 2. The van der Waals surface area contributed by atoms with Crippen molar-refractivity contribution in [1.29, 1.82) is 0 Å². The largest absolute Gasteiger partial charge is 0.478 e. The summed E-state index contributed by atoms with van der Waals surface area (Å²) in [5.74, 6) is -0.944. The lowest BCUT2D eigenvalue weighted by molar-refractivity contribution is 0.0697. The van der Waals surface area contributed by atoms with E-state index >= 15 is 0 Å². The Bertz CT molecular complexity index is 787. The lowest BCUT2D eigenvalue weighted by Crippen LogP contribution is -2.45. The molecule has 0 bridgehead atoms. The van der Waals surface area contributed by atoms with E-state index in [-0.39, 0.29) is 17.6 Å². The first-order valence-electron chi connectivity index (χ1n) is 8.45. The lowest BCUT2D eigenvalue weighted by Gasteiger charge is -2.31. The summed E-state index contributed by atoms with van der Waals surface area (Å²) in [7, 11) is 0. The molecule has 0 aromatic heterocycles. The molecule has 1 aliphatic heterocycles. The van der Waals surface area contributed by atoms with Crippen LogP contribution < -0.4 is 4.90 Å². The zero-order valence-corrected chi connectivity index (χ0v) is 14.5. The first-order valence-corrected chi connectivity index (χ1v) is 8.45. The van der Waals surface area contributed by atoms with Crippen LogP contribution in [-0.2, 0) is 13.0 Å². The van der Waals surface area contributed by atoms with Crippen molar-refractivity contribution < 1.29 is 14.7 Å². The van der Waals surface area contributed by atoms with E-state index in [0.717, 1.165) is 16.8 Å². The number of benzene rings is 2. The molecule has 0 aliphatic carbocycles. The maximum Gasteiger partial charge on any atom is 0.335 e. The number of amides is 2. The van der Waals surface area contributed by atoms with Gasteiger partial charge in [-0.25, -0.2) is 9.59 Å². The molecule has 5 heteroatoms. The summed E-state index contributed by atoms with van der Waals surface area (Å²) in [6.07, 6.45) is 0.680. The van der Waals surface area contributed by atoms with Crippen LogP contribution in [0.25, 0.3) is 0 Å². The molecule has 2 aromatic rings. The number of hydrogen-bond donors (Lipinski definition) is 1. The predicted molar refractivity (Wildman–Crippen MR) is 97.0 cm³/mol. The van der Waals surface area contributed by atoms with Crippen molar-refractivity contribution in [3.63, 3.8) is 0 Å². The molecule has 130 valence electrons. The molecule has 25 heavy (non-hydrogen) atoms. The Hall–Kier alpha value is -2.82. The first kappa shape index (κ1) is 17.0. The molecule has 0 unspecified atom stereocenters. The van der Waals surface area contributed by atoms with Gasteiger partial charge in [-0.15, -0.1) is 0 Å². The van der Waals surface area contributed by atoms with E-state index in [2.05, 4.69) is 0 Å². The highest BCUT2D eigenvalue weighted by molar-refractivity contribution is 5.96. The molecule has 0 saturated carbocycles. The number of aromatic carboxylic acids is 1. The van der Waals surface area contributed by atoms with E-state index in [1.807, 2.05) is 49.1 Å². The summed E-state index contributed by atoms with van der Waals surface area (Å²) in [6, 6.07) is 14.9. The Morgan fingerprint density at radius 1 is 1.16 bits per heavy atom. The first-order chi connectivity index (χ1) is 12.0. The van der Waals surface area contributed by atoms with Crippen LogP contribution in [0, 0.1) is 0 Å². The maximum atomic E-state index is 13.1. The fourth-order valence-corrected chi connectivity index (χ4v) is 3.14. The molecule has 0 fully saturated rings. The van der Waals surface area contributed by atoms with Crippen molar-refractivity contribution in [2.45, 2.75) is 32.9 Å². The standard InChI is InChI=1S/C20H22N2O3/c1-14(2)22(13-15-6-4-3-5-7-15)20(25)21-11-10-16-12-17(19(23)24)8-9-18(16)21/h3-9,12,14H,10-11,13H2,1-2H3,(H,23,24). The monoisotopic (exact) mass is 338 g/mol. The van der Waals surface area contributed by atoms with Crippen LogP contribution in [0.5, 0.6) is 0 Å². The Balaban J connectivity index is 1.84. The Morgan fingerprint density at radius 3 is 2.52 bits per heavy atom. The van der Waals surface area contributed by atoms with E-state index in [0.29, 0.717) is 19.5 Å². The highest BCUT2D eigenvalue weighted by atomic mass is 16.4. The minimum Gasteiger partial charge on any atom is -0.478 e. The van der Waals surface area contributed by atoms with Gasteiger partial charge in [-0.1, -0.05) is 30.3 Å². The predicted octanol–water partition coefficient (Wildman–Crippen LogP) is 3.78. The van der Waals surface area contributed by atoms with Gasteiger partial charge in [-0.2, -0.15) is 0 Å². The van der Waals surface area contributed by atoms with Gasteiger partial charge in [0.25, 0.3) is 0 Å². The van der Waals surface area contributed by atoms with Gasteiger partial charge >= 0.3 is 12.0 Å². The molecule has 0 saturated heterocycles. The number of carboxylic acid groups (broad SMARTS) is 1. The van der Waals surface area contributed by atoms with Gasteiger partial charge in [0, 0.05) is 24.8 Å². The lowest BCUT2D eigenvalue weighted by atomic mass is 10.1. The van der Waals surface area contributed by atoms with Crippen LogP contribution in [-0.4, -0.2) is 34.6 Å². The van der Waals surface area contributed by atoms with Crippen LogP contribution in [0.2, 0.25) is 0 Å². The van der Waals surface area contributed by atoms with E-state index in [4.69, 9.17) is 5.11 Å². The van der Waals surface area contributed by atoms with Gasteiger partial charge in [0.1, 0.15) is 0 Å². The van der Waals surface area contributed by atoms with E-state index < -0.39 is 5.97 Å². The molecule has 0 radical (unpaired) electrons. The normalized spacial score (nSPS) is 13.0. The molecule has 1 N–H and O–H groups in total. The second kappa shape index (κ2) is 6.97. The van der Waals surface area contributed by atoms with Gasteiger partial charge in [0.15, 0.2) is 0 Å². The summed E-state index contributed by atoms with van der Waals surface area (Å²) in [5.41, 5.74) is 3.08. The molecule has 2 amide bonds. The zero-order chi connectivity index (χ0) is 18.0. The molecule has 0 atom stereocenters. The topological polar surface area (TPSA) is 60.9 Å². The average Bonchev–Trinajstić information content (AvgIpc) is 3.03. The second-order valence-corrected chi connectivity index (χ2v) is 6.54. The third-order valence-corrected chi connectivity index (χ3v) is 4.52. The summed E-state index contributed by atoms with van der Waals surface area (Å²) < 4.78 is 0. The number of nitrogens with zero attached hydrogens (tertiary/aromatic N) is 2. The van der Waals surface area contributed by atoms with Crippen LogP contribution in [0.3, 0.4) is 0 Å². The van der Waals surface area contributed by atoms with Crippen molar-refractivity contribution >= 4 is 17.7 Å². The van der Waals surface area contributed by atoms with Crippen LogP contribution in [0.15, 0.2) is 48.5 Å². The highest BCUT2D eigenvalue weighted by Crippen LogP contribution is 2.30. The van der Waals surface area contributed by atoms with E-state index in [9.17, 15) is 9.59 Å². The minimum atomic E-state index is -0.944. The van der Waals surface area contributed by atoms with Crippen molar-refractivity contribution in [3.05, 3.63) is 65.2 Å². The Morgan fingerprint density at radius 2 is 1.88 bits per heavy atom. The van der Waals surface area contributed by atoms with Gasteiger partial charge in [-0.05, 0) is 49.6 Å². The number of carbonyl (C=O) groups excluding carboxylic acids is 1. The SMILES string of the molecule is CC(C)N(Cc1ccccc1)C(=O)N1CCc2cc(C(=O)O)ccc21. The molecule has 3 rings (SSSR count). The molecule has 1 heterocycles. The summed E-state index contributed by atoms with van der Waals surface area (Å²) >= 11 is 0. The van der Waals surface area contributed by atoms with E-state index in [1.165, 1.54) is 0 Å². The van der Waals surface area contributed by atoms with Gasteiger partial charge < -0.3 is 10.0 Å². The van der Waals surface area contributed by atoms with Crippen molar-refractivity contribution in [2.75, 3.05) is 11.4 Å². The van der Waals surface area contributed by atoms with Crippen molar-refractivity contribution in [1.82, 2.24) is 4.90 Å². The zero-order valence-electron chi connectivity index (χ0n) is 14.5. The average molecular weight is 338 g/mol. The third kappa shape index (κ3) is 3.50. The molecule has 1 aliphatic rings. The molecular formula is C20H22N2O3. The minimum absolute atomic E-state index is 0.0410. The fraction of sp³-hybridized carbons (Fsp3) is 0.300. The van der Waals surface area contributed by atoms with Crippen molar-refractivity contribution in [3.8, 4) is 0 Å². The molecule has 5 nitrogen and oxygen atoms in total. The summed E-state index contributed by atoms with van der Waals surface area (Å²) in [5, 5.41) is 9.13. The number of anilines is 1. The fourth-order valence-electron chi connectivity index (χ4n) is 3.14. The quantitative estimate of drug-likeness (QED) is 0.923. The number of carbonyl (C=O) groups is 2. The number of urea groups is 1. The highest BCUT2D eigenvalue weighted by Gasteiger charge is 2.30. The second-order valence-electron chi connectivity index (χ2n) is 6.54. The number of fused-ring (bicyclic) bond motifs is 1. The number of carboxylic acids is 1. The van der Waals surface area contributed by atoms with Gasteiger partial charge in [0.05, 0.1) is 5.56 Å². The van der Waals surface area contributed by atoms with Gasteiger partial charge in [0.2, 0.25) is 0 Å². The van der Waals surface area contributed by atoms with E-state index in [1.54, 1.807) is 23.1 Å².